The zero-order chi connectivity index (χ0) is 12.2. The van der Waals surface area contributed by atoms with Gasteiger partial charge in [-0.1, -0.05) is 12.8 Å². The Bertz CT molecular complexity index is 269. The summed E-state index contributed by atoms with van der Waals surface area (Å²) in [5.41, 5.74) is -1.37. The van der Waals surface area contributed by atoms with Crippen molar-refractivity contribution in [3.63, 3.8) is 0 Å². The zero-order valence-electron chi connectivity index (χ0n) is 9.53. The van der Waals surface area contributed by atoms with E-state index in [4.69, 9.17) is 5.11 Å². The monoisotopic (exact) mass is 229 g/mol. The molecule has 1 rings (SSSR count). The minimum atomic E-state index is -1.37. The van der Waals surface area contributed by atoms with Gasteiger partial charge in [-0.3, -0.25) is 9.59 Å². The maximum Gasteiger partial charge on any atom is 0.306 e. The number of carbonyl (C=O) groups is 2. The molecule has 0 heterocycles. The summed E-state index contributed by atoms with van der Waals surface area (Å²) >= 11 is 0. The Morgan fingerprint density at radius 3 is 2.44 bits per heavy atom. The number of carboxylic acid groups (broad SMARTS) is 1. The van der Waals surface area contributed by atoms with Crippen molar-refractivity contribution in [2.75, 3.05) is 6.54 Å². The number of carboxylic acids is 1. The van der Waals surface area contributed by atoms with Gasteiger partial charge < -0.3 is 15.5 Å². The second kappa shape index (κ2) is 5.30. The van der Waals surface area contributed by atoms with Crippen LogP contribution in [-0.4, -0.2) is 34.2 Å². The molecule has 0 saturated heterocycles. The molecule has 1 unspecified atom stereocenters. The molecule has 0 radical (unpaired) electrons. The van der Waals surface area contributed by atoms with Gasteiger partial charge in [0, 0.05) is 12.5 Å². The van der Waals surface area contributed by atoms with Crippen molar-refractivity contribution in [1.82, 2.24) is 5.32 Å². The van der Waals surface area contributed by atoms with E-state index < -0.39 is 11.6 Å². The largest absolute Gasteiger partial charge is 0.481 e. The number of aliphatic hydroxyl groups is 1. The van der Waals surface area contributed by atoms with Gasteiger partial charge >= 0.3 is 5.97 Å². The summed E-state index contributed by atoms with van der Waals surface area (Å²) in [4.78, 5) is 22.1. The van der Waals surface area contributed by atoms with Gasteiger partial charge in [0.2, 0.25) is 5.91 Å². The van der Waals surface area contributed by atoms with Crippen LogP contribution in [0.15, 0.2) is 0 Å². The fraction of sp³-hybridized carbons (Fsp3) is 0.818. The predicted molar refractivity (Wildman–Crippen MR) is 57.8 cm³/mol. The number of carbonyl (C=O) groups excluding carboxylic acids is 1. The van der Waals surface area contributed by atoms with Crippen molar-refractivity contribution in [1.29, 1.82) is 0 Å². The minimum absolute atomic E-state index is 0.00532. The van der Waals surface area contributed by atoms with Crippen molar-refractivity contribution < 1.29 is 19.8 Å². The van der Waals surface area contributed by atoms with E-state index in [0.717, 1.165) is 25.7 Å². The molecule has 3 N–H and O–H groups in total. The maximum atomic E-state index is 11.6. The van der Waals surface area contributed by atoms with Crippen LogP contribution in [0.1, 0.15) is 39.0 Å². The average Bonchev–Trinajstić information content (AvgIpc) is 2.64. The molecule has 0 aliphatic heterocycles. The molecule has 1 aliphatic rings. The molecule has 92 valence electrons. The topological polar surface area (TPSA) is 86.6 Å². The van der Waals surface area contributed by atoms with Crippen LogP contribution in [0.4, 0.5) is 0 Å². The highest BCUT2D eigenvalue weighted by molar-refractivity contribution is 5.79. The van der Waals surface area contributed by atoms with Crippen molar-refractivity contribution in [2.45, 2.75) is 44.6 Å². The number of amides is 1. The second-order valence-corrected chi connectivity index (χ2v) is 4.77. The van der Waals surface area contributed by atoms with E-state index in [1.54, 1.807) is 0 Å². The maximum absolute atomic E-state index is 11.6. The van der Waals surface area contributed by atoms with Gasteiger partial charge in [0.15, 0.2) is 0 Å². The van der Waals surface area contributed by atoms with Crippen LogP contribution in [0.5, 0.6) is 0 Å². The Labute approximate surface area is 94.8 Å². The molecule has 5 heteroatoms. The molecule has 1 atom stereocenters. The first kappa shape index (κ1) is 13.0. The highest BCUT2D eigenvalue weighted by Gasteiger charge is 2.27. The molecular formula is C11H19NO4. The molecule has 1 aliphatic carbocycles. The van der Waals surface area contributed by atoms with Crippen LogP contribution in [-0.2, 0) is 9.59 Å². The fourth-order valence-electron chi connectivity index (χ4n) is 2.00. The minimum Gasteiger partial charge on any atom is -0.481 e. The SMILES string of the molecule is CC(O)(CNC(=O)C1CCCC1)CC(=O)O. The van der Waals surface area contributed by atoms with E-state index in [9.17, 15) is 14.7 Å². The van der Waals surface area contributed by atoms with E-state index in [2.05, 4.69) is 5.32 Å². The van der Waals surface area contributed by atoms with Crippen molar-refractivity contribution >= 4 is 11.9 Å². The number of rotatable bonds is 5. The number of hydrogen-bond acceptors (Lipinski definition) is 3. The molecule has 5 nitrogen and oxygen atoms in total. The van der Waals surface area contributed by atoms with Crippen LogP contribution >= 0.6 is 0 Å². The summed E-state index contributed by atoms with van der Waals surface area (Å²) in [6, 6.07) is 0. The Balaban J connectivity index is 2.32. The molecular weight excluding hydrogens is 210 g/mol. The Morgan fingerprint density at radius 1 is 1.38 bits per heavy atom. The van der Waals surface area contributed by atoms with E-state index in [-0.39, 0.29) is 24.8 Å². The van der Waals surface area contributed by atoms with Gasteiger partial charge in [-0.15, -0.1) is 0 Å². The lowest BCUT2D eigenvalue weighted by Crippen LogP contribution is -2.43. The smallest absolute Gasteiger partial charge is 0.306 e. The summed E-state index contributed by atoms with van der Waals surface area (Å²) in [5, 5.41) is 20.9. The molecule has 1 fully saturated rings. The molecule has 1 amide bonds. The Kier molecular flexibility index (Phi) is 4.29. The predicted octanol–water partition coefficient (Wildman–Crippen LogP) is 0.518. The third-order valence-corrected chi connectivity index (χ3v) is 2.90. The second-order valence-electron chi connectivity index (χ2n) is 4.77. The Morgan fingerprint density at radius 2 is 1.94 bits per heavy atom. The molecule has 1 saturated carbocycles. The number of nitrogens with one attached hydrogen (secondary N) is 1. The van der Waals surface area contributed by atoms with Crippen LogP contribution in [0.2, 0.25) is 0 Å². The highest BCUT2D eigenvalue weighted by atomic mass is 16.4. The summed E-state index contributed by atoms with van der Waals surface area (Å²) in [5.74, 6) is -1.09. The Hall–Kier alpha value is -1.10. The number of hydrogen-bond donors (Lipinski definition) is 3. The third kappa shape index (κ3) is 4.18. The lowest BCUT2D eigenvalue weighted by Gasteiger charge is -2.22. The van der Waals surface area contributed by atoms with Crippen molar-refractivity contribution in [3.8, 4) is 0 Å². The summed E-state index contributed by atoms with van der Waals surface area (Å²) < 4.78 is 0. The average molecular weight is 229 g/mol. The van der Waals surface area contributed by atoms with Gasteiger partial charge in [-0.25, -0.2) is 0 Å². The first-order valence-electron chi connectivity index (χ1n) is 5.62. The molecule has 0 aromatic rings. The molecule has 0 aromatic carbocycles. The molecule has 0 bridgehead atoms. The van der Waals surface area contributed by atoms with Gasteiger partial charge in [-0.05, 0) is 19.8 Å². The quantitative estimate of drug-likeness (QED) is 0.641. The van der Waals surface area contributed by atoms with Crippen LogP contribution in [0.25, 0.3) is 0 Å². The van der Waals surface area contributed by atoms with E-state index >= 15 is 0 Å². The van der Waals surface area contributed by atoms with E-state index in [1.165, 1.54) is 6.92 Å². The standard InChI is InChI=1S/C11H19NO4/c1-11(16,6-9(13)14)7-12-10(15)8-4-2-3-5-8/h8,16H,2-7H2,1H3,(H,12,15)(H,13,14). The van der Waals surface area contributed by atoms with Crippen LogP contribution < -0.4 is 5.32 Å². The first-order valence-corrected chi connectivity index (χ1v) is 5.62. The van der Waals surface area contributed by atoms with Crippen LogP contribution in [0.3, 0.4) is 0 Å². The lowest BCUT2D eigenvalue weighted by atomic mass is 10.0. The van der Waals surface area contributed by atoms with Gasteiger partial charge in [0.1, 0.15) is 0 Å². The lowest BCUT2D eigenvalue weighted by molar-refractivity contribution is -0.142. The summed E-state index contributed by atoms with van der Waals surface area (Å²) in [7, 11) is 0. The van der Waals surface area contributed by atoms with Crippen molar-refractivity contribution in [2.24, 2.45) is 5.92 Å². The molecule has 0 spiro atoms. The van der Waals surface area contributed by atoms with Gasteiger partial charge in [0.25, 0.3) is 0 Å². The van der Waals surface area contributed by atoms with Crippen LogP contribution in [0, 0.1) is 5.92 Å². The summed E-state index contributed by atoms with van der Waals surface area (Å²) in [6.07, 6.45) is 3.57. The normalized spacial score (nSPS) is 20.4. The zero-order valence-corrected chi connectivity index (χ0v) is 9.53. The molecule has 16 heavy (non-hydrogen) atoms. The van der Waals surface area contributed by atoms with Gasteiger partial charge in [-0.2, -0.15) is 0 Å². The van der Waals surface area contributed by atoms with E-state index in [1.807, 2.05) is 0 Å². The summed E-state index contributed by atoms with van der Waals surface area (Å²) in [6.45, 7) is 1.41. The van der Waals surface area contributed by atoms with Crippen molar-refractivity contribution in [3.05, 3.63) is 0 Å². The third-order valence-electron chi connectivity index (χ3n) is 2.90. The highest BCUT2D eigenvalue weighted by Crippen LogP contribution is 2.24. The number of aliphatic carboxylic acids is 1. The first-order chi connectivity index (χ1) is 7.41. The van der Waals surface area contributed by atoms with E-state index in [0.29, 0.717) is 0 Å². The fourth-order valence-corrected chi connectivity index (χ4v) is 2.00. The van der Waals surface area contributed by atoms with Gasteiger partial charge in [0.05, 0.1) is 12.0 Å². The molecule has 0 aromatic heterocycles.